The van der Waals surface area contributed by atoms with Crippen molar-refractivity contribution < 1.29 is 5.11 Å². The second-order valence-electron chi connectivity index (χ2n) is 6.82. The van der Waals surface area contributed by atoms with Gasteiger partial charge in [-0.25, -0.2) is 0 Å². The molecule has 3 rings (SSSR count). The molecule has 1 saturated carbocycles. The van der Waals surface area contributed by atoms with Gasteiger partial charge in [-0.3, -0.25) is 4.90 Å². The molecule has 1 spiro atoms. The van der Waals surface area contributed by atoms with Crippen molar-refractivity contribution in [2.24, 2.45) is 0 Å². The molecule has 1 heterocycles. The molecule has 2 aliphatic rings. The number of phenolic OH excluding ortho intramolecular Hbond substituents is 1. The van der Waals surface area contributed by atoms with Gasteiger partial charge in [0.15, 0.2) is 0 Å². The van der Waals surface area contributed by atoms with Gasteiger partial charge in [-0.2, -0.15) is 0 Å². The summed E-state index contributed by atoms with van der Waals surface area (Å²) in [5, 5.41) is 13.2. The predicted molar refractivity (Wildman–Crippen MR) is 86.4 cm³/mol. The lowest BCUT2D eigenvalue weighted by molar-refractivity contribution is 0.00273. The average Bonchev–Trinajstić information content (AvgIpc) is 2.53. The van der Waals surface area contributed by atoms with Gasteiger partial charge in [-0.1, -0.05) is 38.3 Å². The monoisotopic (exact) mass is 288 g/mol. The third-order valence-corrected chi connectivity index (χ3v) is 5.42. The number of hydrogen-bond donors (Lipinski definition) is 2. The van der Waals surface area contributed by atoms with Crippen LogP contribution in [0.15, 0.2) is 24.3 Å². The second kappa shape index (κ2) is 6.37. The van der Waals surface area contributed by atoms with E-state index < -0.39 is 0 Å². The van der Waals surface area contributed by atoms with Crippen LogP contribution in [0, 0.1) is 0 Å². The van der Waals surface area contributed by atoms with Crippen molar-refractivity contribution >= 4 is 0 Å². The summed E-state index contributed by atoms with van der Waals surface area (Å²) in [5.41, 5.74) is 1.68. The van der Waals surface area contributed by atoms with Crippen molar-refractivity contribution in [2.75, 3.05) is 13.1 Å². The lowest BCUT2D eigenvalue weighted by Gasteiger charge is -2.52. The zero-order chi connectivity index (χ0) is 14.7. The summed E-state index contributed by atoms with van der Waals surface area (Å²) < 4.78 is 0. The van der Waals surface area contributed by atoms with E-state index in [0.29, 0.717) is 17.3 Å². The van der Waals surface area contributed by atoms with Crippen molar-refractivity contribution in [2.45, 2.75) is 63.6 Å². The fourth-order valence-electron chi connectivity index (χ4n) is 4.00. The molecule has 0 bridgehead atoms. The Hall–Kier alpha value is -1.06. The molecule has 0 amide bonds. The van der Waals surface area contributed by atoms with Crippen LogP contribution in [-0.4, -0.2) is 34.7 Å². The zero-order valence-corrected chi connectivity index (χ0v) is 13.1. The van der Waals surface area contributed by atoms with Crippen LogP contribution in [0.3, 0.4) is 0 Å². The number of aromatic hydroxyl groups is 1. The van der Waals surface area contributed by atoms with Crippen molar-refractivity contribution in [1.82, 2.24) is 10.2 Å². The summed E-state index contributed by atoms with van der Waals surface area (Å²) in [6.45, 7) is 5.58. The summed E-state index contributed by atoms with van der Waals surface area (Å²) in [7, 11) is 0. The minimum atomic E-state index is 0.359. The van der Waals surface area contributed by atoms with Crippen LogP contribution in [-0.2, 0) is 6.54 Å². The maximum Gasteiger partial charge on any atom is 0.115 e. The molecular formula is C18H28N2O. The molecule has 1 aromatic rings. The number of hydrogen-bond acceptors (Lipinski definition) is 3. The minimum Gasteiger partial charge on any atom is -0.508 e. The molecule has 2 fully saturated rings. The highest BCUT2D eigenvalue weighted by Crippen LogP contribution is 2.36. The Morgan fingerprint density at radius 2 is 1.90 bits per heavy atom. The molecule has 3 heteroatoms. The summed E-state index contributed by atoms with van der Waals surface area (Å²) in [6.07, 6.45) is 7.98. The van der Waals surface area contributed by atoms with E-state index in [2.05, 4.69) is 29.3 Å². The molecule has 21 heavy (non-hydrogen) atoms. The summed E-state index contributed by atoms with van der Waals surface area (Å²) in [6, 6.07) is 8.36. The van der Waals surface area contributed by atoms with Crippen molar-refractivity contribution in [1.29, 1.82) is 0 Å². The van der Waals surface area contributed by atoms with Crippen molar-refractivity contribution in [3.05, 3.63) is 29.8 Å². The lowest BCUT2D eigenvalue weighted by atomic mass is 9.78. The zero-order valence-electron chi connectivity index (χ0n) is 13.1. The smallest absolute Gasteiger partial charge is 0.115 e. The minimum absolute atomic E-state index is 0.359. The van der Waals surface area contributed by atoms with Crippen LogP contribution in [0.1, 0.15) is 51.0 Å². The third kappa shape index (κ3) is 3.24. The first-order valence-electron chi connectivity index (χ1n) is 8.48. The topological polar surface area (TPSA) is 35.5 Å². The molecule has 1 atom stereocenters. The fourth-order valence-corrected chi connectivity index (χ4v) is 4.00. The molecule has 1 aliphatic carbocycles. The maximum absolute atomic E-state index is 9.46. The molecule has 1 unspecified atom stereocenters. The van der Waals surface area contributed by atoms with Gasteiger partial charge in [0, 0.05) is 31.2 Å². The predicted octanol–water partition coefficient (Wildman–Crippen LogP) is 3.28. The molecule has 1 aliphatic heterocycles. The Labute approximate surface area is 128 Å². The molecule has 1 saturated heterocycles. The fraction of sp³-hybridized carbons (Fsp3) is 0.667. The van der Waals surface area contributed by atoms with Gasteiger partial charge in [-0.15, -0.1) is 0 Å². The van der Waals surface area contributed by atoms with Gasteiger partial charge in [0.05, 0.1) is 0 Å². The van der Waals surface area contributed by atoms with Crippen LogP contribution >= 0.6 is 0 Å². The molecule has 0 aromatic heterocycles. The van der Waals surface area contributed by atoms with E-state index in [-0.39, 0.29) is 0 Å². The van der Waals surface area contributed by atoms with Crippen molar-refractivity contribution in [3.8, 4) is 5.75 Å². The van der Waals surface area contributed by atoms with Gasteiger partial charge in [0.2, 0.25) is 0 Å². The molecule has 2 N–H and O–H groups in total. The maximum atomic E-state index is 9.46. The SMILES string of the molecule is CCC1CN(Cc2ccc(O)cc2)C2(CCCCC2)CN1. The molecular weight excluding hydrogens is 260 g/mol. The van der Waals surface area contributed by atoms with Gasteiger partial charge in [0.25, 0.3) is 0 Å². The first kappa shape index (κ1) is 14.9. The lowest BCUT2D eigenvalue weighted by Crippen LogP contribution is -2.64. The van der Waals surface area contributed by atoms with E-state index in [1.54, 1.807) is 0 Å². The first-order valence-corrected chi connectivity index (χ1v) is 8.48. The van der Waals surface area contributed by atoms with Crippen molar-refractivity contribution in [3.63, 3.8) is 0 Å². The van der Waals surface area contributed by atoms with E-state index in [1.807, 2.05) is 12.1 Å². The van der Waals surface area contributed by atoms with Gasteiger partial charge in [0.1, 0.15) is 5.75 Å². The third-order valence-electron chi connectivity index (χ3n) is 5.42. The van der Waals surface area contributed by atoms with Gasteiger partial charge in [-0.05, 0) is 37.0 Å². The Kier molecular flexibility index (Phi) is 4.51. The summed E-state index contributed by atoms with van der Waals surface area (Å²) in [4.78, 5) is 2.73. The standard InChI is InChI=1S/C18H28N2O/c1-2-16-13-20(12-15-6-8-17(21)9-7-15)18(14-19-16)10-4-3-5-11-18/h6-9,16,19,21H,2-5,10-14H2,1H3. The molecule has 3 nitrogen and oxygen atoms in total. The van der Waals surface area contributed by atoms with Crippen LogP contribution in [0.2, 0.25) is 0 Å². The highest BCUT2D eigenvalue weighted by Gasteiger charge is 2.41. The number of nitrogens with zero attached hydrogens (tertiary/aromatic N) is 1. The van der Waals surface area contributed by atoms with E-state index in [4.69, 9.17) is 0 Å². The Morgan fingerprint density at radius 1 is 1.19 bits per heavy atom. The second-order valence-corrected chi connectivity index (χ2v) is 6.82. The average molecular weight is 288 g/mol. The summed E-state index contributed by atoms with van der Waals surface area (Å²) >= 11 is 0. The number of benzene rings is 1. The Bertz CT molecular complexity index is 451. The Balaban J connectivity index is 1.77. The quantitative estimate of drug-likeness (QED) is 0.896. The highest BCUT2D eigenvalue weighted by atomic mass is 16.3. The molecule has 0 radical (unpaired) electrons. The van der Waals surface area contributed by atoms with Crippen LogP contribution < -0.4 is 5.32 Å². The first-order chi connectivity index (χ1) is 10.2. The highest BCUT2D eigenvalue weighted by molar-refractivity contribution is 5.26. The van der Waals surface area contributed by atoms with E-state index in [9.17, 15) is 5.11 Å². The van der Waals surface area contributed by atoms with Crippen LogP contribution in [0.5, 0.6) is 5.75 Å². The number of rotatable bonds is 3. The summed E-state index contributed by atoms with van der Waals surface area (Å²) in [5.74, 6) is 0.359. The normalized spacial score (nSPS) is 26.0. The number of nitrogens with one attached hydrogen (secondary N) is 1. The van der Waals surface area contributed by atoms with Crippen LogP contribution in [0.4, 0.5) is 0 Å². The van der Waals surface area contributed by atoms with Gasteiger partial charge < -0.3 is 10.4 Å². The molecule has 1 aromatic carbocycles. The molecule has 116 valence electrons. The van der Waals surface area contributed by atoms with E-state index >= 15 is 0 Å². The van der Waals surface area contributed by atoms with E-state index in [0.717, 1.165) is 19.6 Å². The van der Waals surface area contributed by atoms with Crippen LogP contribution in [0.25, 0.3) is 0 Å². The number of phenols is 1. The Morgan fingerprint density at radius 3 is 2.57 bits per heavy atom. The van der Waals surface area contributed by atoms with E-state index in [1.165, 1.54) is 44.1 Å². The largest absolute Gasteiger partial charge is 0.508 e. The van der Waals surface area contributed by atoms with Gasteiger partial charge >= 0.3 is 0 Å². The number of piperazine rings is 1.